The first-order valence-electron chi connectivity index (χ1n) is 12.4. The Kier molecular flexibility index (Phi) is 7.54. The van der Waals surface area contributed by atoms with Crippen molar-refractivity contribution in [3.63, 3.8) is 0 Å². The molecule has 2 aromatic carbocycles. The second-order valence-corrected chi connectivity index (χ2v) is 9.22. The standard InChI is InChI=1S/C28H35N5O2/c1-6-35-24-10-8-7-9-23(24)30-28(34)33-17-15-32(16-18-33)27-25(19(2)3)21(5)29-26(31-27)22-13-11-20(4)12-14-22/h7-14,19H,6,15-18H2,1-5H3,(H,30,34). The Morgan fingerprint density at radius 1 is 1.00 bits per heavy atom. The SMILES string of the molecule is CCOc1ccccc1NC(=O)N1CCN(c2nc(-c3ccc(C)cc3)nc(C)c2C(C)C)CC1. The van der Waals surface area contributed by atoms with E-state index in [4.69, 9.17) is 14.7 Å². The van der Waals surface area contributed by atoms with Crippen LogP contribution in [0.3, 0.4) is 0 Å². The smallest absolute Gasteiger partial charge is 0.322 e. The first-order chi connectivity index (χ1) is 16.9. The highest BCUT2D eigenvalue weighted by molar-refractivity contribution is 5.91. The summed E-state index contributed by atoms with van der Waals surface area (Å²) < 4.78 is 5.65. The van der Waals surface area contributed by atoms with Gasteiger partial charge >= 0.3 is 6.03 Å². The van der Waals surface area contributed by atoms with Crippen molar-refractivity contribution < 1.29 is 9.53 Å². The molecule has 184 valence electrons. The Hall–Kier alpha value is -3.61. The molecule has 1 aromatic heterocycles. The van der Waals surface area contributed by atoms with Gasteiger partial charge in [0.2, 0.25) is 0 Å². The highest BCUT2D eigenvalue weighted by Gasteiger charge is 2.26. The summed E-state index contributed by atoms with van der Waals surface area (Å²) in [4.78, 5) is 27.0. The third-order valence-electron chi connectivity index (χ3n) is 6.30. The number of nitrogens with one attached hydrogen (secondary N) is 1. The molecule has 3 aromatic rings. The van der Waals surface area contributed by atoms with E-state index in [1.54, 1.807) is 0 Å². The topological polar surface area (TPSA) is 70.6 Å². The minimum absolute atomic E-state index is 0.111. The molecule has 0 radical (unpaired) electrons. The van der Waals surface area contributed by atoms with Gasteiger partial charge in [-0.3, -0.25) is 0 Å². The highest BCUT2D eigenvalue weighted by Crippen LogP contribution is 2.31. The summed E-state index contributed by atoms with van der Waals surface area (Å²) in [6.07, 6.45) is 0. The molecule has 0 atom stereocenters. The van der Waals surface area contributed by atoms with Crippen molar-refractivity contribution in [3.05, 3.63) is 65.4 Å². The van der Waals surface area contributed by atoms with Gasteiger partial charge in [-0.2, -0.15) is 0 Å². The fourth-order valence-corrected chi connectivity index (χ4v) is 4.48. The Labute approximate surface area is 208 Å². The van der Waals surface area contributed by atoms with Crippen LogP contribution < -0.4 is 15.0 Å². The number of aromatic nitrogens is 2. The maximum atomic E-state index is 13.0. The number of nitrogens with zero attached hydrogens (tertiary/aromatic N) is 4. The molecule has 1 fully saturated rings. The van der Waals surface area contributed by atoms with Crippen LogP contribution in [0.15, 0.2) is 48.5 Å². The van der Waals surface area contributed by atoms with Crippen LogP contribution in [0, 0.1) is 13.8 Å². The van der Waals surface area contributed by atoms with Crippen LogP contribution in [0.2, 0.25) is 0 Å². The molecule has 1 aliphatic heterocycles. The monoisotopic (exact) mass is 473 g/mol. The number of amides is 2. The Balaban J connectivity index is 1.51. The zero-order chi connectivity index (χ0) is 24.9. The van der Waals surface area contributed by atoms with Crippen molar-refractivity contribution in [2.45, 2.75) is 40.5 Å². The number of hydrogen-bond acceptors (Lipinski definition) is 5. The Morgan fingerprint density at radius 3 is 2.34 bits per heavy atom. The van der Waals surface area contributed by atoms with E-state index in [2.05, 4.69) is 62.2 Å². The molecule has 1 saturated heterocycles. The molecule has 4 rings (SSSR count). The van der Waals surface area contributed by atoms with Gasteiger partial charge < -0.3 is 19.9 Å². The van der Waals surface area contributed by atoms with Gasteiger partial charge in [0.1, 0.15) is 11.6 Å². The average molecular weight is 474 g/mol. The second kappa shape index (κ2) is 10.8. The quantitative estimate of drug-likeness (QED) is 0.502. The van der Waals surface area contributed by atoms with Gasteiger partial charge in [-0.1, -0.05) is 55.8 Å². The van der Waals surface area contributed by atoms with Crippen molar-refractivity contribution >= 4 is 17.5 Å². The molecule has 1 aliphatic rings. The van der Waals surface area contributed by atoms with Gasteiger partial charge in [-0.25, -0.2) is 14.8 Å². The molecule has 1 N–H and O–H groups in total. The van der Waals surface area contributed by atoms with Crippen molar-refractivity contribution in [3.8, 4) is 17.1 Å². The van der Waals surface area contributed by atoms with Crippen LogP contribution >= 0.6 is 0 Å². The third kappa shape index (κ3) is 5.56. The number of para-hydroxylation sites is 2. The molecule has 0 unspecified atom stereocenters. The molecule has 0 spiro atoms. The number of carbonyl (C=O) groups is 1. The molecule has 0 saturated carbocycles. The number of hydrogen-bond donors (Lipinski definition) is 1. The number of urea groups is 1. The molecule has 0 aliphatic carbocycles. The third-order valence-corrected chi connectivity index (χ3v) is 6.30. The molecule has 7 nitrogen and oxygen atoms in total. The maximum absolute atomic E-state index is 13.0. The van der Waals surface area contributed by atoms with Gasteiger partial charge in [0.25, 0.3) is 0 Å². The number of benzene rings is 2. The summed E-state index contributed by atoms with van der Waals surface area (Å²) in [6.45, 7) is 13.6. The zero-order valence-corrected chi connectivity index (χ0v) is 21.3. The lowest BCUT2D eigenvalue weighted by molar-refractivity contribution is 0.208. The fourth-order valence-electron chi connectivity index (χ4n) is 4.48. The number of piperazine rings is 1. The van der Waals surface area contributed by atoms with Gasteiger partial charge in [-0.05, 0) is 38.8 Å². The molecular weight excluding hydrogens is 438 g/mol. The molecule has 2 heterocycles. The van der Waals surface area contributed by atoms with E-state index in [1.165, 1.54) is 11.1 Å². The summed E-state index contributed by atoms with van der Waals surface area (Å²) in [5, 5.41) is 3.01. The summed E-state index contributed by atoms with van der Waals surface area (Å²) in [5.74, 6) is 2.71. The lowest BCUT2D eigenvalue weighted by Crippen LogP contribution is -2.50. The van der Waals surface area contributed by atoms with E-state index in [1.807, 2.05) is 36.1 Å². The van der Waals surface area contributed by atoms with E-state index < -0.39 is 0 Å². The first-order valence-corrected chi connectivity index (χ1v) is 12.4. The molecule has 0 bridgehead atoms. The Morgan fingerprint density at radius 2 is 1.69 bits per heavy atom. The van der Waals surface area contributed by atoms with E-state index >= 15 is 0 Å². The van der Waals surface area contributed by atoms with E-state index in [0.717, 1.165) is 22.9 Å². The predicted molar refractivity (Wildman–Crippen MR) is 141 cm³/mol. The fraction of sp³-hybridized carbons (Fsp3) is 0.393. The van der Waals surface area contributed by atoms with Crippen molar-refractivity contribution in [1.82, 2.24) is 14.9 Å². The number of aryl methyl sites for hydroxylation is 2. The van der Waals surface area contributed by atoms with Gasteiger partial charge in [0, 0.05) is 43.0 Å². The molecule has 7 heteroatoms. The van der Waals surface area contributed by atoms with E-state index in [9.17, 15) is 4.79 Å². The minimum atomic E-state index is -0.111. The number of rotatable bonds is 6. The second-order valence-electron chi connectivity index (χ2n) is 9.22. The molecule has 2 amide bonds. The first kappa shape index (κ1) is 24.5. The summed E-state index contributed by atoms with van der Waals surface area (Å²) in [6, 6.07) is 15.7. The summed E-state index contributed by atoms with van der Waals surface area (Å²) in [5.41, 5.74) is 5.10. The zero-order valence-electron chi connectivity index (χ0n) is 21.3. The van der Waals surface area contributed by atoms with Crippen LogP contribution in [0.4, 0.5) is 16.3 Å². The normalized spacial score (nSPS) is 13.8. The summed E-state index contributed by atoms with van der Waals surface area (Å²) >= 11 is 0. The van der Waals surface area contributed by atoms with Crippen LogP contribution in [-0.4, -0.2) is 53.7 Å². The number of anilines is 2. The van der Waals surface area contributed by atoms with Crippen molar-refractivity contribution in [1.29, 1.82) is 0 Å². The molecular formula is C28H35N5O2. The van der Waals surface area contributed by atoms with Crippen LogP contribution in [0.25, 0.3) is 11.4 Å². The van der Waals surface area contributed by atoms with Crippen LogP contribution in [0.5, 0.6) is 5.75 Å². The van der Waals surface area contributed by atoms with Crippen LogP contribution in [0.1, 0.15) is 43.5 Å². The number of ether oxygens (including phenoxy) is 1. The molecule has 35 heavy (non-hydrogen) atoms. The highest BCUT2D eigenvalue weighted by atomic mass is 16.5. The Bertz CT molecular complexity index is 1170. The van der Waals surface area contributed by atoms with Crippen LogP contribution in [-0.2, 0) is 0 Å². The van der Waals surface area contributed by atoms with Crippen molar-refractivity contribution in [2.75, 3.05) is 43.0 Å². The average Bonchev–Trinajstić information content (AvgIpc) is 2.85. The van der Waals surface area contributed by atoms with Crippen molar-refractivity contribution in [2.24, 2.45) is 0 Å². The van der Waals surface area contributed by atoms with Gasteiger partial charge in [-0.15, -0.1) is 0 Å². The minimum Gasteiger partial charge on any atom is -0.492 e. The lowest BCUT2D eigenvalue weighted by Gasteiger charge is -2.37. The van der Waals surface area contributed by atoms with E-state index in [-0.39, 0.29) is 6.03 Å². The van der Waals surface area contributed by atoms with Gasteiger partial charge in [0.15, 0.2) is 5.82 Å². The van der Waals surface area contributed by atoms with Gasteiger partial charge in [0.05, 0.1) is 12.3 Å². The maximum Gasteiger partial charge on any atom is 0.322 e. The predicted octanol–water partition coefficient (Wildman–Crippen LogP) is 5.64. The van der Waals surface area contributed by atoms with E-state index in [0.29, 0.717) is 50.1 Å². The largest absolute Gasteiger partial charge is 0.492 e. The lowest BCUT2D eigenvalue weighted by atomic mass is 10.0. The number of carbonyl (C=O) groups excluding carboxylic acids is 1. The summed E-state index contributed by atoms with van der Waals surface area (Å²) in [7, 11) is 0.